The number of aryl methyl sites for hydroxylation is 1. The van der Waals surface area contributed by atoms with Crippen molar-refractivity contribution in [2.45, 2.75) is 71.0 Å². The van der Waals surface area contributed by atoms with E-state index >= 15 is 0 Å². The third-order valence-electron chi connectivity index (χ3n) is 5.31. The third kappa shape index (κ3) is 3.64. The molecule has 21 heavy (non-hydrogen) atoms. The van der Waals surface area contributed by atoms with E-state index in [1.54, 1.807) is 6.33 Å². The van der Waals surface area contributed by atoms with Crippen LogP contribution in [0.5, 0.6) is 0 Å². The number of rotatable bonds is 7. The average molecular weight is 293 g/mol. The topological polar surface area (TPSA) is 60.0 Å². The Bertz CT molecular complexity index is 420. The Morgan fingerprint density at radius 2 is 2.10 bits per heavy atom. The quantitative estimate of drug-likeness (QED) is 0.838. The molecule has 1 aliphatic rings. The molecule has 0 spiro atoms. The van der Waals surface area contributed by atoms with Gasteiger partial charge in [0.2, 0.25) is 0 Å². The molecule has 0 radical (unpaired) electrons. The molecule has 2 rings (SSSR count). The summed E-state index contributed by atoms with van der Waals surface area (Å²) in [5, 5.41) is 4.33. The van der Waals surface area contributed by atoms with Crippen LogP contribution in [0.3, 0.4) is 0 Å². The number of nitrogens with zero attached hydrogens (tertiary/aromatic N) is 4. The van der Waals surface area contributed by atoms with E-state index < -0.39 is 0 Å². The van der Waals surface area contributed by atoms with Crippen molar-refractivity contribution in [3.63, 3.8) is 0 Å². The Kier molecular flexibility index (Phi) is 5.76. The van der Waals surface area contributed by atoms with Crippen LogP contribution in [0.1, 0.15) is 58.2 Å². The van der Waals surface area contributed by atoms with Crippen LogP contribution in [0.25, 0.3) is 0 Å². The molecule has 1 saturated carbocycles. The number of aromatic nitrogens is 3. The Morgan fingerprint density at radius 3 is 2.67 bits per heavy atom. The lowest BCUT2D eigenvalue weighted by Gasteiger charge is -2.45. The van der Waals surface area contributed by atoms with Gasteiger partial charge >= 0.3 is 0 Å². The van der Waals surface area contributed by atoms with Crippen molar-refractivity contribution in [2.75, 3.05) is 13.6 Å². The van der Waals surface area contributed by atoms with Gasteiger partial charge in [-0.2, -0.15) is 5.10 Å². The van der Waals surface area contributed by atoms with E-state index in [-0.39, 0.29) is 5.54 Å². The zero-order valence-corrected chi connectivity index (χ0v) is 13.9. The van der Waals surface area contributed by atoms with E-state index in [4.69, 9.17) is 5.73 Å². The summed E-state index contributed by atoms with van der Waals surface area (Å²) in [6, 6.07) is 0. The highest BCUT2D eigenvalue weighted by atomic mass is 15.4. The van der Waals surface area contributed by atoms with Crippen LogP contribution >= 0.6 is 0 Å². The van der Waals surface area contributed by atoms with Crippen molar-refractivity contribution in [3.8, 4) is 0 Å². The highest BCUT2D eigenvalue weighted by Gasteiger charge is 2.37. The van der Waals surface area contributed by atoms with Gasteiger partial charge in [0.25, 0.3) is 0 Å². The van der Waals surface area contributed by atoms with Gasteiger partial charge in [0.15, 0.2) is 0 Å². The monoisotopic (exact) mass is 293 g/mol. The molecule has 0 atom stereocenters. The van der Waals surface area contributed by atoms with Crippen molar-refractivity contribution < 1.29 is 0 Å². The second-order valence-electron chi connectivity index (χ2n) is 6.54. The first kappa shape index (κ1) is 16.4. The highest BCUT2D eigenvalue weighted by Crippen LogP contribution is 2.37. The molecule has 0 aromatic carbocycles. The minimum absolute atomic E-state index is 0.147. The molecule has 5 heteroatoms. The fraction of sp³-hybridized carbons (Fsp3) is 0.875. The van der Waals surface area contributed by atoms with Gasteiger partial charge in [0.05, 0.1) is 6.54 Å². The van der Waals surface area contributed by atoms with Gasteiger partial charge in [-0.05, 0) is 45.1 Å². The molecular formula is C16H31N5. The van der Waals surface area contributed by atoms with Crippen LogP contribution in [0, 0.1) is 5.92 Å². The third-order valence-corrected chi connectivity index (χ3v) is 5.31. The Balaban J connectivity index is 2.03. The van der Waals surface area contributed by atoms with E-state index in [0.717, 1.165) is 37.8 Å². The van der Waals surface area contributed by atoms with Crippen LogP contribution < -0.4 is 5.73 Å². The molecule has 0 unspecified atom stereocenters. The van der Waals surface area contributed by atoms with Crippen LogP contribution in [-0.4, -0.2) is 38.8 Å². The molecular weight excluding hydrogens is 262 g/mol. The second kappa shape index (κ2) is 7.36. The molecule has 1 fully saturated rings. The molecule has 120 valence electrons. The van der Waals surface area contributed by atoms with Crippen LogP contribution in [0.2, 0.25) is 0 Å². The maximum Gasteiger partial charge on any atom is 0.141 e. The van der Waals surface area contributed by atoms with Crippen LogP contribution in [0.15, 0.2) is 6.33 Å². The zero-order valence-electron chi connectivity index (χ0n) is 13.9. The summed E-state index contributed by atoms with van der Waals surface area (Å²) in [4.78, 5) is 6.86. The average Bonchev–Trinajstić information content (AvgIpc) is 2.95. The van der Waals surface area contributed by atoms with Gasteiger partial charge in [-0.15, -0.1) is 0 Å². The fourth-order valence-electron chi connectivity index (χ4n) is 3.55. The van der Waals surface area contributed by atoms with Crippen molar-refractivity contribution in [2.24, 2.45) is 11.7 Å². The second-order valence-corrected chi connectivity index (χ2v) is 6.54. The molecule has 1 aromatic heterocycles. The molecule has 0 saturated heterocycles. The lowest BCUT2D eigenvalue weighted by Crippen LogP contribution is -2.54. The largest absolute Gasteiger partial charge is 0.329 e. The minimum atomic E-state index is 0.147. The summed E-state index contributed by atoms with van der Waals surface area (Å²) in [7, 11) is 2.20. The maximum absolute atomic E-state index is 6.17. The maximum atomic E-state index is 6.17. The number of nitrogens with two attached hydrogens (primary N) is 1. The molecule has 2 N–H and O–H groups in total. The van der Waals surface area contributed by atoms with E-state index in [1.807, 2.05) is 4.68 Å². The van der Waals surface area contributed by atoms with Crippen molar-refractivity contribution in [3.05, 3.63) is 12.2 Å². The van der Waals surface area contributed by atoms with Crippen LogP contribution in [0.4, 0.5) is 0 Å². The number of hydrogen-bond donors (Lipinski definition) is 1. The molecule has 0 amide bonds. The fourth-order valence-corrected chi connectivity index (χ4v) is 3.55. The molecule has 0 bridgehead atoms. The highest BCUT2D eigenvalue weighted by molar-refractivity contribution is 4.97. The summed E-state index contributed by atoms with van der Waals surface area (Å²) in [6.07, 6.45) is 9.08. The Labute approximate surface area is 128 Å². The first-order valence-electron chi connectivity index (χ1n) is 8.43. The molecule has 1 heterocycles. The molecule has 1 aromatic rings. The predicted molar refractivity (Wildman–Crippen MR) is 85.8 cm³/mol. The molecule has 5 nitrogen and oxygen atoms in total. The predicted octanol–water partition coefficient (Wildman–Crippen LogP) is 2.42. The van der Waals surface area contributed by atoms with Gasteiger partial charge in [0.1, 0.15) is 12.2 Å². The SMILES string of the molecule is CCCn1ncnc1CN(C)C1(CN)CCC(CC)CC1. The summed E-state index contributed by atoms with van der Waals surface area (Å²) >= 11 is 0. The van der Waals surface area contributed by atoms with Crippen LogP contribution in [-0.2, 0) is 13.1 Å². The normalized spacial score (nSPS) is 26.4. The Morgan fingerprint density at radius 1 is 1.38 bits per heavy atom. The van der Waals surface area contributed by atoms with Gasteiger partial charge in [-0.25, -0.2) is 9.67 Å². The first-order valence-corrected chi connectivity index (χ1v) is 8.43. The van der Waals surface area contributed by atoms with Gasteiger partial charge in [-0.3, -0.25) is 4.90 Å². The Hall–Kier alpha value is -0.940. The van der Waals surface area contributed by atoms with Crippen molar-refractivity contribution in [1.82, 2.24) is 19.7 Å². The van der Waals surface area contributed by atoms with Crippen molar-refractivity contribution in [1.29, 1.82) is 0 Å². The minimum Gasteiger partial charge on any atom is -0.329 e. The van der Waals surface area contributed by atoms with Gasteiger partial charge in [0, 0.05) is 18.6 Å². The van der Waals surface area contributed by atoms with Gasteiger partial charge in [-0.1, -0.05) is 20.3 Å². The molecule has 0 aliphatic heterocycles. The summed E-state index contributed by atoms with van der Waals surface area (Å²) in [5.74, 6) is 1.95. The zero-order chi connectivity index (χ0) is 15.3. The van der Waals surface area contributed by atoms with E-state index in [0.29, 0.717) is 0 Å². The number of likely N-dealkylation sites (N-methyl/N-ethyl adjacent to an activating group) is 1. The lowest BCUT2D eigenvalue weighted by molar-refractivity contribution is 0.0548. The summed E-state index contributed by atoms with van der Waals surface area (Å²) in [6.45, 7) is 6.99. The standard InChI is InChI=1S/C16H31N5/c1-4-10-21-15(18-13-19-21)11-20(3)16(12-17)8-6-14(5-2)7-9-16/h13-14H,4-12,17H2,1-3H3. The number of hydrogen-bond acceptors (Lipinski definition) is 4. The summed E-state index contributed by atoms with van der Waals surface area (Å²) in [5.41, 5.74) is 6.31. The van der Waals surface area contributed by atoms with E-state index in [1.165, 1.54) is 32.1 Å². The van der Waals surface area contributed by atoms with E-state index in [2.05, 4.69) is 35.9 Å². The lowest BCUT2D eigenvalue weighted by atomic mass is 9.74. The van der Waals surface area contributed by atoms with Crippen molar-refractivity contribution >= 4 is 0 Å². The smallest absolute Gasteiger partial charge is 0.141 e. The summed E-state index contributed by atoms with van der Waals surface area (Å²) < 4.78 is 2.03. The first-order chi connectivity index (χ1) is 10.1. The molecule has 1 aliphatic carbocycles. The van der Waals surface area contributed by atoms with Gasteiger partial charge < -0.3 is 5.73 Å². The van der Waals surface area contributed by atoms with E-state index in [9.17, 15) is 0 Å².